The molecule has 0 saturated heterocycles. The van der Waals surface area contributed by atoms with Gasteiger partial charge in [0.1, 0.15) is 12.4 Å². The Morgan fingerprint density at radius 3 is 2.54 bits per heavy atom. The zero-order chi connectivity index (χ0) is 18.9. The molecule has 0 atom stereocenters. The van der Waals surface area contributed by atoms with Gasteiger partial charge in [0, 0.05) is 5.56 Å². The summed E-state index contributed by atoms with van der Waals surface area (Å²) in [5.41, 5.74) is 3.74. The second-order valence-corrected chi connectivity index (χ2v) is 6.03. The Morgan fingerprint density at radius 1 is 1.15 bits per heavy atom. The number of ether oxygens (including phenoxy) is 2. The first kappa shape index (κ1) is 19.7. The molecule has 136 valence electrons. The van der Waals surface area contributed by atoms with Crippen LogP contribution in [0.1, 0.15) is 30.5 Å². The summed E-state index contributed by atoms with van der Waals surface area (Å²) in [4.78, 5) is 5.46. The number of allylic oxidation sites excluding steroid dienone is 1. The minimum atomic E-state index is 0.314. The molecule has 26 heavy (non-hydrogen) atoms. The van der Waals surface area contributed by atoms with E-state index in [-0.39, 0.29) is 0 Å². The fourth-order valence-electron chi connectivity index (χ4n) is 2.20. The molecule has 0 bridgehead atoms. The Kier molecular flexibility index (Phi) is 7.36. The van der Waals surface area contributed by atoms with E-state index < -0.39 is 0 Å². The van der Waals surface area contributed by atoms with Crippen LogP contribution in [-0.4, -0.2) is 17.9 Å². The van der Waals surface area contributed by atoms with Crippen LogP contribution in [0.5, 0.6) is 5.75 Å². The Labute approximate surface area is 160 Å². The maximum absolute atomic E-state index is 5.91. The van der Waals surface area contributed by atoms with Gasteiger partial charge in [0.05, 0.1) is 12.8 Å². The molecule has 0 spiro atoms. The van der Waals surface area contributed by atoms with E-state index in [9.17, 15) is 0 Å². The molecule has 0 radical (unpaired) electrons. The third-order valence-electron chi connectivity index (χ3n) is 3.75. The number of benzene rings is 2. The highest BCUT2D eigenvalue weighted by Crippen LogP contribution is 2.23. The van der Waals surface area contributed by atoms with Crippen molar-refractivity contribution >= 4 is 23.0 Å². The number of aryl methyl sites for hydroxylation is 1. The molecule has 0 aliphatic rings. The van der Waals surface area contributed by atoms with Crippen LogP contribution < -0.4 is 4.74 Å². The first-order valence-corrected chi connectivity index (χ1v) is 8.70. The van der Waals surface area contributed by atoms with E-state index in [1.54, 1.807) is 6.08 Å². The lowest BCUT2D eigenvalue weighted by Gasteiger charge is -2.13. The molecule has 0 aromatic heterocycles. The number of nitrogens with zero attached hydrogens (tertiary/aromatic N) is 1. The molecule has 2 aromatic rings. The van der Waals surface area contributed by atoms with Gasteiger partial charge in [0.2, 0.25) is 5.05 Å². The maximum Gasteiger partial charge on any atom is 0.227 e. The van der Waals surface area contributed by atoms with Crippen LogP contribution in [0.2, 0.25) is 0 Å². The van der Waals surface area contributed by atoms with Gasteiger partial charge in [0.15, 0.2) is 5.76 Å². The molecular weight excluding hydrogens is 346 g/mol. The largest absolute Gasteiger partial charge is 0.484 e. The fourth-order valence-corrected chi connectivity index (χ4v) is 2.36. The van der Waals surface area contributed by atoms with Gasteiger partial charge in [-0.1, -0.05) is 47.6 Å². The van der Waals surface area contributed by atoms with Crippen LogP contribution in [0.4, 0.5) is 0 Å². The second kappa shape index (κ2) is 9.73. The van der Waals surface area contributed by atoms with Crippen molar-refractivity contribution in [1.29, 1.82) is 0 Å². The zero-order valence-electron chi connectivity index (χ0n) is 15.5. The lowest BCUT2D eigenvalue weighted by molar-refractivity contribution is 0.130. The Balaban J connectivity index is 2.12. The highest BCUT2D eigenvalue weighted by atomic mass is 32.1. The van der Waals surface area contributed by atoms with E-state index in [2.05, 4.69) is 5.16 Å². The van der Waals surface area contributed by atoms with Gasteiger partial charge in [0.25, 0.3) is 0 Å². The smallest absolute Gasteiger partial charge is 0.227 e. The molecule has 0 aliphatic heterocycles. The van der Waals surface area contributed by atoms with Crippen molar-refractivity contribution in [2.45, 2.75) is 27.4 Å². The zero-order valence-corrected chi connectivity index (χ0v) is 16.3. The molecule has 0 fully saturated rings. The summed E-state index contributed by atoms with van der Waals surface area (Å²) >= 11 is 5.15. The topological polar surface area (TPSA) is 40.0 Å². The highest BCUT2D eigenvalue weighted by Gasteiger charge is 2.11. The van der Waals surface area contributed by atoms with Crippen molar-refractivity contribution in [3.63, 3.8) is 0 Å². The Bertz CT molecular complexity index is 813. The minimum Gasteiger partial charge on any atom is -0.484 e. The van der Waals surface area contributed by atoms with Gasteiger partial charge in [-0.3, -0.25) is 0 Å². The lowest BCUT2D eigenvalue weighted by atomic mass is 10.1. The maximum atomic E-state index is 5.91. The van der Waals surface area contributed by atoms with Gasteiger partial charge in [-0.25, -0.2) is 0 Å². The van der Waals surface area contributed by atoms with E-state index in [0.717, 1.165) is 22.4 Å². The molecule has 0 heterocycles. The molecule has 0 aliphatic carbocycles. The van der Waals surface area contributed by atoms with E-state index in [4.69, 9.17) is 26.5 Å². The van der Waals surface area contributed by atoms with Gasteiger partial charge in [-0.15, -0.1) is 0 Å². The predicted octanol–water partition coefficient (Wildman–Crippen LogP) is 5.19. The van der Waals surface area contributed by atoms with Crippen LogP contribution in [0.15, 0.2) is 65.5 Å². The number of hydrogen-bond donors (Lipinski definition) is 0. The van der Waals surface area contributed by atoms with Crippen molar-refractivity contribution in [2.75, 3.05) is 7.11 Å². The van der Waals surface area contributed by atoms with Gasteiger partial charge < -0.3 is 14.3 Å². The van der Waals surface area contributed by atoms with Crippen molar-refractivity contribution in [3.05, 3.63) is 77.1 Å². The number of thiocarbonyl (C=S) groups is 1. The molecule has 5 heteroatoms. The van der Waals surface area contributed by atoms with Gasteiger partial charge in [-0.05, 0) is 56.3 Å². The number of rotatable bonds is 7. The van der Waals surface area contributed by atoms with Crippen LogP contribution in [0.25, 0.3) is 0 Å². The molecule has 2 aromatic carbocycles. The van der Waals surface area contributed by atoms with Crippen molar-refractivity contribution in [3.8, 4) is 5.75 Å². The monoisotopic (exact) mass is 369 g/mol. The van der Waals surface area contributed by atoms with Crippen LogP contribution >= 0.6 is 12.2 Å². The molecule has 2 rings (SSSR count). The van der Waals surface area contributed by atoms with Crippen molar-refractivity contribution in [2.24, 2.45) is 5.16 Å². The van der Waals surface area contributed by atoms with E-state index in [1.165, 1.54) is 7.11 Å². The lowest BCUT2D eigenvalue weighted by Crippen LogP contribution is -2.09. The standard InChI is InChI=1S/C21H23NO3S/c1-5-19(21(26)23-4)25-20-13-18(12-11-15(20)2)16(3)22-24-14-17-9-7-6-8-10-17/h5-13H,14H2,1-4H3. The van der Waals surface area contributed by atoms with E-state index in [1.807, 2.05) is 69.3 Å². The fraction of sp³-hybridized carbons (Fsp3) is 0.238. The summed E-state index contributed by atoms with van der Waals surface area (Å²) in [6.07, 6.45) is 1.78. The SMILES string of the molecule is CC=C(Oc1cc(C(C)=NOCc2ccccc2)ccc1C)C(=S)OC. The summed E-state index contributed by atoms with van der Waals surface area (Å²) < 4.78 is 11.0. The summed E-state index contributed by atoms with van der Waals surface area (Å²) in [6.45, 7) is 6.15. The third-order valence-corrected chi connectivity index (χ3v) is 4.12. The number of hydrogen-bond acceptors (Lipinski definition) is 5. The summed E-state index contributed by atoms with van der Waals surface area (Å²) in [5, 5.41) is 4.52. The third kappa shape index (κ3) is 5.43. The van der Waals surface area contributed by atoms with E-state index in [0.29, 0.717) is 23.2 Å². The molecule has 4 nitrogen and oxygen atoms in total. The van der Waals surface area contributed by atoms with Crippen molar-refractivity contribution < 1.29 is 14.3 Å². The molecule has 0 amide bonds. The second-order valence-electron chi connectivity index (χ2n) is 5.66. The van der Waals surface area contributed by atoms with Crippen LogP contribution in [-0.2, 0) is 16.2 Å². The van der Waals surface area contributed by atoms with E-state index >= 15 is 0 Å². The first-order chi connectivity index (χ1) is 12.5. The first-order valence-electron chi connectivity index (χ1n) is 8.29. The molecule has 0 unspecified atom stereocenters. The van der Waals surface area contributed by atoms with Crippen molar-refractivity contribution in [1.82, 2.24) is 0 Å². The minimum absolute atomic E-state index is 0.314. The molecule has 0 saturated carbocycles. The highest BCUT2D eigenvalue weighted by molar-refractivity contribution is 7.80. The van der Waals surface area contributed by atoms with Crippen LogP contribution in [0.3, 0.4) is 0 Å². The summed E-state index contributed by atoms with van der Waals surface area (Å²) in [5.74, 6) is 1.21. The average molecular weight is 369 g/mol. The molecule has 0 N–H and O–H groups in total. The number of methoxy groups -OCH3 is 1. The predicted molar refractivity (Wildman–Crippen MR) is 109 cm³/mol. The summed E-state index contributed by atoms with van der Waals surface area (Å²) in [6, 6.07) is 15.8. The molecular formula is C21H23NO3S. The Morgan fingerprint density at radius 2 is 1.88 bits per heavy atom. The number of oxime groups is 1. The summed E-state index contributed by atoms with van der Waals surface area (Å²) in [7, 11) is 1.53. The van der Waals surface area contributed by atoms with Crippen LogP contribution in [0, 0.1) is 6.92 Å². The average Bonchev–Trinajstić information content (AvgIpc) is 2.67. The van der Waals surface area contributed by atoms with Gasteiger partial charge >= 0.3 is 0 Å². The Hall–Kier alpha value is -2.66. The van der Waals surface area contributed by atoms with Gasteiger partial charge in [-0.2, -0.15) is 0 Å². The quantitative estimate of drug-likeness (QED) is 0.221. The normalized spacial score (nSPS) is 11.8.